The molecule has 2 N–H and O–H groups in total. The Hall–Kier alpha value is -0.680. The smallest absolute Gasteiger partial charge is 0.407 e. The van der Waals surface area contributed by atoms with Gasteiger partial charge in [0.15, 0.2) is 0 Å². The van der Waals surface area contributed by atoms with Crippen LogP contribution >= 0.6 is 11.9 Å². The molecule has 0 aromatic rings. The number of carbonyl (C=O) groups is 1. The molecule has 1 spiro atoms. The first-order chi connectivity index (χ1) is 6.72. The molecule has 0 aromatic heterocycles. The Morgan fingerprint density at radius 1 is 1.64 bits per heavy atom. The van der Waals surface area contributed by atoms with Crippen LogP contribution in [0.3, 0.4) is 0 Å². The second-order valence-electron chi connectivity index (χ2n) is 3.88. The third-order valence-electron chi connectivity index (χ3n) is 2.80. The molecule has 78 valence electrons. The summed E-state index contributed by atoms with van der Waals surface area (Å²) < 4.78 is 3.34. The number of carboxylic acid groups (broad SMARTS) is 1. The zero-order valence-corrected chi connectivity index (χ0v) is 8.72. The normalized spacial score (nSPS) is 32.1. The monoisotopic (exact) mass is 214 g/mol. The van der Waals surface area contributed by atoms with E-state index in [1.165, 1.54) is 4.90 Å². The molecular formula is C9H14N2O2S. The van der Waals surface area contributed by atoms with E-state index in [4.69, 9.17) is 5.11 Å². The molecule has 14 heavy (non-hydrogen) atoms. The molecule has 1 amide bonds. The van der Waals surface area contributed by atoms with Crippen molar-refractivity contribution in [3.8, 4) is 0 Å². The summed E-state index contributed by atoms with van der Waals surface area (Å²) in [5, 5.41) is 10.9. The minimum absolute atomic E-state index is 0.0178. The van der Waals surface area contributed by atoms with E-state index in [9.17, 15) is 4.79 Å². The highest BCUT2D eigenvalue weighted by molar-refractivity contribution is 8.00. The fourth-order valence-electron chi connectivity index (χ4n) is 2.07. The van der Waals surface area contributed by atoms with Crippen LogP contribution < -0.4 is 4.72 Å². The predicted octanol–water partition coefficient (Wildman–Crippen LogP) is 1.65. The van der Waals surface area contributed by atoms with Gasteiger partial charge in [0.2, 0.25) is 0 Å². The van der Waals surface area contributed by atoms with E-state index in [0.29, 0.717) is 13.1 Å². The summed E-state index contributed by atoms with van der Waals surface area (Å²) in [5.74, 6) is 0. The van der Waals surface area contributed by atoms with E-state index >= 15 is 0 Å². The van der Waals surface area contributed by atoms with Crippen molar-refractivity contribution < 1.29 is 9.90 Å². The van der Waals surface area contributed by atoms with Gasteiger partial charge in [0.25, 0.3) is 0 Å². The molecule has 0 radical (unpaired) electrons. The van der Waals surface area contributed by atoms with E-state index in [1.807, 2.05) is 5.41 Å². The number of amides is 1. The fourth-order valence-corrected chi connectivity index (χ4v) is 2.83. The number of likely N-dealkylation sites (tertiary alicyclic amines) is 1. The van der Waals surface area contributed by atoms with Gasteiger partial charge in [0, 0.05) is 18.6 Å². The first-order valence-corrected chi connectivity index (χ1v) is 5.66. The van der Waals surface area contributed by atoms with Crippen molar-refractivity contribution in [2.24, 2.45) is 0 Å². The highest BCUT2D eigenvalue weighted by atomic mass is 32.2. The summed E-state index contributed by atoms with van der Waals surface area (Å²) in [6.45, 7) is 1.28. The van der Waals surface area contributed by atoms with Crippen molar-refractivity contribution in [1.29, 1.82) is 0 Å². The molecule has 2 rings (SSSR count). The standard InChI is InChI=1S/C9H14N2O2S/c12-8(13)11-5-1-3-9(7-11)4-2-6-14-10-9/h2,6,10H,1,3-5,7H2,(H,12,13). The van der Waals surface area contributed by atoms with E-state index < -0.39 is 6.09 Å². The van der Waals surface area contributed by atoms with Crippen molar-refractivity contribution in [3.05, 3.63) is 11.5 Å². The molecule has 2 heterocycles. The summed E-state index contributed by atoms with van der Waals surface area (Å²) in [6, 6.07) is 0. The topological polar surface area (TPSA) is 52.6 Å². The second kappa shape index (κ2) is 3.82. The second-order valence-corrected chi connectivity index (χ2v) is 4.60. The Morgan fingerprint density at radius 2 is 2.50 bits per heavy atom. The molecule has 4 nitrogen and oxygen atoms in total. The lowest BCUT2D eigenvalue weighted by molar-refractivity contribution is 0.107. The number of hydrogen-bond donors (Lipinski definition) is 2. The quantitative estimate of drug-likeness (QED) is 0.602. The number of nitrogens with one attached hydrogen (secondary N) is 1. The van der Waals surface area contributed by atoms with Crippen molar-refractivity contribution in [2.75, 3.05) is 13.1 Å². The highest BCUT2D eigenvalue weighted by Gasteiger charge is 2.37. The van der Waals surface area contributed by atoms with Crippen LogP contribution in [0.1, 0.15) is 19.3 Å². The van der Waals surface area contributed by atoms with Crippen LogP contribution in [0.2, 0.25) is 0 Å². The van der Waals surface area contributed by atoms with Gasteiger partial charge >= 0.3 is 6.09 Å². The molecule has 1 atom stereocenters. The van der Waals surface area contributed by atoms with Crippen LogP contribution in [-0.4, -0.2) is 34.7 Å². The zero-order chi connectivity index (χ0) is 10.0. The van der Waals surface area contributed by atoms with Gasteiger partial charge in [0.1, 0.15) is 0 Å². The minimum Gasteiger partial charge on any atom is -0.465 e. The lowest BCUT2D eigenvalue weighted by Crippen LogP contribution is -2.56. The maximum absolute atomic E-state index is 10.9. The summed E-state index contributed by atoms with van der Waals surface area (Å²) >= 11 is 1.56. The van der Waals surface area contributed by atoms with Crippen LogP contribution in [0.4, 0.5) is 4.79 Å². The largest absolute Gasteiger partial charge is 0.465 e. The van der Waals surface area contributed by atoms with Crippen LogP contribution in [0.15, 0.2) is 11.5 Å². The van der Waals surface area contributed by atoms with Gasteiger partial charge in [-0.3, -0.25) is 4.72 Å². The van der Waals surface area contributed by atoms with E-state index in [0.717, 1.165) is 19.3 Å². The maximum atomic E-state index is 10.9. The van der Waals surface area contributed by atoms with E-state index in [-0.39, 0.29) is 5.54 Å². The number of piperidine rings is 1. The van der Waals surface area contributed by atoms with E-state index in [1.54, 1.807) is 11.9 Å². The first kappa shape index (κ1) is 9.86. The summed E-state index contributed by atoms with van der Waals surface area (Å²) in [4.78, 5) is 12.4. The number of nitrogens with zero attached hydrogens (tertiary/aromatic N) is 1. The minimum atomic E-state index is -0.801. The predicted molar refractivity (Wildman–Crippen MR) is 56.0 cm³/mol. The molecule has 1 unspecified atom stereocenters. The summed E-state index contributed by atoms with van der Waals surface area (Å²) in [6.07, 6.45) is 4.27. The van der Waals surface area contributed by atoms with Crippen molar-refractivity contribution in [1.82, 2.24) is 9.62 Å². The molecule has 1 fully saturated rings. The molecule has 0 aromatic carbocycles. The zero-order valence-electron chi connectivity index (χ0n) is 7.90. The SMILES string of the molecule is O=C(O)N1CCCC2(CC=CSN2)C1. The Labute approximate surface area is 87.5 Å². The van der Waals surface area contributed by atoms with Crippen LogP contribution in [0, 0.1) is 0 Å². The van der Waals surface area contributed by atoms with Gasteiger partial charge in [-0.2, -0.15) is 0 Å². The Morgan fingerprint density at radius 3 is 3.14 bits per heavy atom. The third kappa shape index (κ3) is 1.88. The molecule has 2 aliphatic rings. The molecular weight excluding hydrogens is 200 g/mol. The van der Waals surface area contributed by atoms with Crippen molar-refractivity contribution in [2.45, 2.75) is 24.8 Å². The number of rotatable bonds is 0. The molecule has 1 saturated heterocycles. The molecule has 0 bridgehead atoms. The van der Waals surface area contributed by atoms with Crippen LogP contribution in [0.25, 0.3) is 0 Å². The van der Waals surface area contributed by atoms with E-state index in [2.05, 4.69) is 10.8 Å². The lowest BCUT2D eigenvalue weighted by Gasteiger charge is -2.42. The van der Waals surface area contributed by atoms with Crippen molar-refractivity contribution >= 4 is 18.0 Å². The summed E-state index contributed by atoms with van der Waals surface area (Å²) in [7, 11) is 0. The fraction of sp³-hybridized carbons (Fsp3) is 0.667. The molecule has 5 heteroatoms. The van der Waals surface area contributed by atoms with Crippen molar-refractivity contribution in [3.63, 3.8) is 0 Å². The maximum Gasteiger partial charge on any atom is 0.407 e. The van der Waals surface area contributed by atoms with Gasteiger partial charge in [0.05, 0.1) is 0 Å². The Bertz CT molecular complexity index is 270. The van der Waals surface area contributed by atoms with Crippen LogP contribution in [-0.2, 0) is 0 Å². The third-order valence-corrected chi connectivity index (χ3v) is 3.68. The number of hydrogen-bond acceptors (Lipinski definition) is 3. The highest BCUT2D eigenvalue weighted by Crippen LogP contribution is 2.30. The molecule has 2 aliphatic heterocycles. The Balaban J connectivity index is 2.05. The lowest BCUT2D eigenvalue weighted by atomic mass is 9.87. The summed E-state index contributed by atoms with van der Waals surface area (Å²) in [5.41, 5.74) is -0.0178. The van der Waals surface area contributed by atoms with Gasteiger partial charge < -0.3 is 10.0 Å². The van der Waals surface area contributed by atoms with Gasteiger partial charge in [-0.1, -0.05) is 18.0 Å². The first-order valence-electron chi connectivity index (χ1n) is 4.78. The van der Waals surface area contributed by atoms with Gasteiger partial charge in [-0.15, -0.1) is 0 Å². The molecule has 0 aliphatic carbocycles. The van der Waals surface area contributed by atoms with Gasteiger partial charge in [-0.05, 0) is 24.7 Å². The van der Waals surface area contributed by atoms with Crippen LogP contribution in [0.5, 0.6) is 0 Å². The average Bonchev–Trinajstić information content (AvgIpc) is 2.19. The Kier molecular flexibility index (Phi) is 2.69. The van der Waals surface area contributed by atoms with Gasteiger partial charge in [-0.25, -0.2) is 4.79 Å². The molecule has 0 saturated carbocycles. The average molecular weight is 214 g/mol.